The molecule has 1 atom stereocenters. The molecule has 12 heteroatoms. The van der Waals surface area contributed by atoms with Gasteiger partial charge >= 0.3 is 0 Å². The molecule has 1 unspecified atom stereocenters. The number of anilines is 1. The third-order valence-electron chi connectivity index (χ3n) is 7.55. The summed E-state index contributed by atoms with van der Waals surface area (Å²) in [6.07, 6.45) is 0.312. The molecule has 0 radical (unpaired) electrons. The van der Waals surface area contributed by atoms with E-state index in [1.54, 1.807) is 12.1 Å². The molecule has 0 aliphatic heterocycles. The van der Waals surface area contributed by atoms with Gasteiger partial charge in [0.1, 0.15) is 24.1 Å². The van der Waals surface area contributed by atoms with Crippen molar-refractivity contribution in [2.45, 2.75) is 51.6 Å². The molecule has 0 aliphatic carbocycles. The van der Waals surface area contributed by atoms with Crippen molar-refractivity contribution >= 4 is 27.5 Å². The van der Waals surface area contributed by atoms with Gasteiger partial charge in [0.15, 0.2) is 11.5 Å². The Morgan fingerprint density at radius 3 is 2.09 bits per heavy atom. The Morgan fingerprint density at radius 1 is 0.848 bits per heavy atom. The molecule has 3 rings (SSSR count). The average molecular weight is 656 g/mol. The highest BCUT2D eigenvalue weighted by Crippen LogP contribution is 2.38. The summed E-state index contributed by atoms with van der Waals surface area (Å²) in [5, 5.41) is 2.94. The van der Waals surface area contributed by atoms with Crippen LogP contribution < -0.4 is 28.6 Å². The first kappa shape index (κ1) is 36.0. The van der Waals surface area contributed by atoms with Gasteiger partial charge in [0, 0.05) is 25.2 Å². The van der Waals surface area contributed by atoms with Crippen LogP contribution in [0.25, 0.3) is 0 Å². The van der Waals surface area contributed by atoms with Crippen molar-refractivity contribution in [2.24, 2.45) is 5.92 Å². The van der Waals surface area contributed by atoms with E-state index in [4.69, 9.17) is 18.9 Å². The number of aryl methyl sites for hydroxylation is 1. The second-order valence-corrected chi connectivity index (χ2v) is 12.9. The lowest BCUT2D eigenvalue weighted by molar-refractivity contribution is -0.140. The fourth-order valence-corrected chi connectivity index (χ4v) is 6.35. The summed E-state index contributed by atoms with van der Waals surface area (Å²) < 4.78 is 51.6. The molecule has 46 heavy (non-hydrogen) atoms. The third kappa shape index (κ3) is 8.42. The van der Waals surface area contributed by atoms with Gasteiger partial charge in [-0.15, -0.1) is 0 Å². The number of carbonyl (C=O) groups excluding carboxylic acids is 2. The zero-order chi connectivity index (χ0) is 34.0. The molecule has 11 nitrogen and oxygen atoms in total. The molecule has 0 aliphatic rings. The topological polar surface area (TPSA) is 124 Å². The third-order valence-corrected chi connectivity index (χ3v) is 9.30. The maximum Gasteiger partial charge on any atom is 0.265 e. The molecule has 0 bridgehead atoms. The normalized spacial score (nSPS) is 11.8. The number of nitrogens with one attached hydrogen (secondary N) is 1. The van der Waals surface area contributed by atoms with Gasteiger partial charge in [0.25, 0.3) is 10.0 Å². The monoisotopic (exact) mass is 655 g/mol. The van der Waals surface area contributed by atoms with Crippen LogP contribution >= 0.6 is 0 Å². The number of methoxy groups -OCH3 is 4. The van der Waals surface area contributed by atoms with Crippen molar-refractivity contribution in [1.82, 2.24) is 10.2 Å². The van der Waals surface area contributed by atoms with Gasteiger partial charge in [-0.1, -0.05) is 45.0 Å². The number of rotatable bonds is 16. The van der Waals surface area contributed by atoms with E-state index in [0.29, 0.717) is 24.5 Å². The zero-order valence-corrected chi connectivity index (χ0v) is 28.6. The van der Waals surface area contributed by atoms with Gasteiger partial charge < -0.3 is 29.2 Å². The summed E-state index contributed by atoms with van der Waals surface area (Å²) >= 11 is 0. The zero-order valence-electron chi connectivity index (χ0n) is 27.8. The van der Waals surface area contributed by atoms with Crippen LogP contribution in [0.2, 0.25) is 0 Å². The van der Waals surface area contributed by atoms with Crippen molar-refractivity contribution in [3.8, 4) is 23.0 Å². The van der Waals surface area contributed by atoms with Crippen molar-refractivity contribution in [1.29, 1.82) is 0 Å². The SMILES string of the molecule is CCC(C(=O)NCC(C)C)N(Cc1ccccc1C)C(=O)CN(c1cc(OC)ccc1OC)S(=O)(=O)c1ccc(OC)c(OC)c1. The minimum absolute atomic E-state index is 0.0816. The number of hydrogen-bond donors (Lipinski definition) is 1. The van der Waals surface area contributed by atoms with E-state index >= 15 is 0 Å². The maximum absolute atomic E-state index is 14.5. The Labute approximate surface area is 272 Å². The van der Waals surface area contributed by atoms with Gasteiger partial charge in [0.05, 0.1) is 39.0 Å². The van der Waals surface area contributed by atoms with Crippen LogP contribution in [0.4, 0.5) is 5.69 Å². The van der Waals surface area contributed by atoms with E-state index in [1.807, 2.05) is 52.0 Å². The molecule has 0 saturated heterocycles. The molecule has 0 aromatic heterocycles. The summed E-state index contributed by atoms with van der Waals surface area (Å²) in [6, 6.07) is 15.6. The minimum Gasteiger partial charge on any atom is -0.497 e. The molecule has 3 aromatic carbocycles. The van der Waals surface area contributed by atoms with Crippen LogP contribution in [-0.2, 0) is 26.2 Å². The van der Waals surface area contributed by atoms with Crippen molar-refractivity contribution in [3.63, 3.8) is 0 Å². The van der Waals surface area contributed by atoms with Crippen molar-refractivity contribution in [3.05, 3.63) is 71.8 Å². The number of nitrogens with zero attached hydrogens (tertiary/aromatic N) is 2. The number of hydrogen-bond acceptors (Lipinski definition) is 8. The number of amides is 2. The Kier molecular flexibility index (Phi) is 12.7. The van der Waals surface area contributed by atoms with E-state index < -0.39 is 28.5 Å². The molecule has 0 saturated carbocycles. The lowest BCUT2D eigenvalue weighted by Gasteiger charge is -2.34. The first-order chi connectivity index (χ1) is 21.9. The van der Waals surface area contributed by atoms with Crippen LogP contribution in [0.1, 0.15) is 38.3 Å². The largest absolute Gasteiger partial charge is 0.497 e. The molecule has 0 fully saturated rings. The first-order valence-corrected chi connectivity index (χ1v) is 16.4. The number of sulfonamides is 1. The second-order valence-electron chi connectivity index (χ2n) is 11.1. The van der Waals surface area contributed by atoms with Crippen LogP contribution in [-0.4, -0.2) is 72.7 Å². The summed E-state index contributed by atoms with van der Waals surface area (Å²) in [4.78, 5) is 29.3. The number of benzene rings is 3. The van der Waals surface area contributed by atoms with E-state index in [1.165, 1.54) is 57.6 Å². The van der Waals surface area contributed by atoms with Crippen molar-refractivity contribution in [2.75, 3.05) is 45.8 Å². The summed E-state index contributed by atoms with van der Waals surface area (Å²) in [5.74, 6) is 0.392. The second kappa shape index (κ2) is 16.2. The van der Waals surface area contributed by atoms with E-state index in [9.17, 15) is 18.0 Å². The Bertz CT molecular complexity index is 1610. The molecule has 0 spiro atoms. The van der Waals surface area contributed by atoms with Crippen LogP contribution in [0.5, 0.6) is 23.0 Å². The van der Waals surface area contributed by atoms with Crippen LogP contribution in [0, 0.1) is 12.8 Å². The lowest BCUT2D eigenvalue weighted by atomic mass is 10.1. The minimum atomic E-state index is -4.44. The smallest absolute Gasteiger partial charge is 0.265 e. The molecular weight excluding hydrogens is 610 g/mol. The summed E-state index contributed by atoms with van der Waals surface area (Å²) in [5.41, 5.74) is 1.85. The first-order valence-electron chi connectivity index (χ1n) is 15.0. The Balaban J connectivity index is 2.20. The Morgan fingerprint density at radius 2 is 1.50 bits per heavy atom. The van der Waals surface area contributed by atoms with Gasteiger partial charge in [-0.3, -0.25) is 13.9 Å². The van der Waals surface area contributed by atoms with Crippen LogP contribution in [0.15, 0.2) is 65.6 Å². The average Bonchev–Trinajstić information content (AvgIpc) is 3.05. The molecule has 0 heterocycles. The Hall–Kier alpha value is -4.45. The van der Waals surface area contributed by atoms with Gasteiger partial charge in [-0.25, -0.2) is 8.42 Å². The maximum atomic E-state index is 14.5. The lowest BCUT2D eigenvalue weighted by Crippen LogP contribution is -2.52. The quantitative estimate of drug-likeness (QED) is 0.233. The predicted octanol–water partition coefficient (Wildman–Crippen LogP) is 4.80. The van der Waals surface area contributed by atoms with Crippen LogP contribution in [0.3, 0.4) is 0 Å². The number of ether oxygens (including phenoxy) is 4. The van der Waals surface area contributed by atoms with Crippen molar-refractivity contribution < 1.29 is 37.0 Å². The molecular formula is C34H45N3O8S. The van der Waals surface area contributed by atoms with E-state index in [-0.39, 0.29) is 40.5 Å². The fraction of sp³-hybridized carbons (Fsp3) is 0.412. The fourth-order valence-electron chi connectivity index (χ4n) is 4.92. The molecule has 2 amide bonds. The van der Waals surface area contributed by atoms with Gasteiger partial charge in [0.2, 0.25) is 11.8 Å². The highest BCUT2D eigenvalue weighted by atomic mass is 32.2. The van der Waals surface area contributed by atoms with Gasteiger partial charge in [-0.05, 0) is 54.7 Å². The van der Waals surface area contributed by atoms with Gasteiger partial charge in [-0.2, -0.15) is 0 Å². The van der Waals surface area contributed by atoms with E-state index in [2.05, 4.69) is 5.32 Å². The standard InChI is InChI=1S/C34H45N3O8S/c1-9-28(34(39)35-20-23(2)3)36(21-25-13-11-10-12-24(25)4)33(38)22-37(29-18-26(42-5)14-16-30(29)43-6)46(40,41)27-15-17-31(44-7)32(19-27)45-8/h10-19,23,28H,9,20-22H2,1-8H3,(H,35,39). The van der Waals surface area contributed by atoms with E-state index in [0.717, 1.165) is 15.4 Å². The summed E-state index contributed by atoms with van der Waals surface area (Å²) in [6.45, 7) is 7.60. The summed E-state index contributed by atoms with van der Waals surface area (Å²) in [7, 11) is 1.27. The highest BCUT2D eigenvalue weighted by Gasteiger charge is 2.35. The number of carbonyl (C=O) groups is 2. The molecule has 1 N–H and O–H groups in total. The molecule has 3 aromatic rings. The predicted molar refractivity (Wildman–Crippen MR) is 177 cm³/mol. The molecule has 250 valence electrons. The highest BCUT2D eigenvalue weighted by molar-refractivity contribution is 7.92.